The van der Waals surface area contributed by atoms with E-state index >= 15 is 0 Å². The van der Waals surface area contributed by atoms with Crippen LogP contribution >= 0.6 is 0 Å². The number of carbonyl (C=O) groups is 7. The lowest BCUT2D eigenvalue weighted by Gasteiger charge is -2.37. The van der Waals surface area contributed by atoms with Crippen molar-refractivity contribution in [3.05, 3.63) is 152 Å². The van der Waals surface area contributed by atoms with Gasteiger partial charge in [0, 0.05) is 102 Å². The minimum absolute atomic E-state index is 0. The second-order valence-electron chi connectivity index (χ2n) is 26.1. The van der Waals surface area contributed by atoms with E-state index in [4.69, 9.17) is 4.74 Å². The summed E-state index contributed by atoms with van der Waals surface area (Å²) in [6, 6.07) is 24.1. The average Bonchev–Trinajstić information content (AvgIpc) is 1.57. The van der Waals surface area contributed by atoms with Gasteiger partial charge in [0.2, 0.25) is 35.4 Å². The molecule has 12 aliphatic rings. The summed E-state index contributed by atoms with van der Waals surface area (Å²) in [7, 11) is 2.03. The Morgan fingerprint density at radius 3 is 0.979 bits per heavy atom. The fourth-order valence-corrected chi connectivity index (χ4v) is 16.9. The number of amides is 7. The first kappa shape index (κ1) is 67.6. The van der Waals surface area contributed by atoms with Crippen molar-refractivity contribution in [1.82, 2.24) is 9.80 Å². The van der Waals surface area contributed by atoms with Gasteiger partial charge in [-0.1, -0.05) is 76.9 Å². The van der Waals surface area contributed by atoms with E-state index in [2.05, 4.69) is 21.9 Å². The average molecular weight is 1320 g/mol. The number of carbonyl (C=O) groups excluding carboxylic acids is 7. The third-order valence-electron chi connectivity index (χ3n) is 21.4. The molecule has 4 aromatic rings. The highest BCUT2D eigenvalue weighted by Gasteiger charge is 2.62. The molecule has 6 aliphatic heterocycles. The summed E-state index contributed by atoms with van der Waals surface area (Å²) >= 11 is 0. The first-order valence-corrected chi connectivity index (χ1v) is 32.1. The molecular formula is C70H82N12O14. The fourth-order valence-electron chi connectivity index (χ4n) is 16.9. The number of piperazine rings is 3. The van der Waals surface area contributed by atoms with Gasteiger partial charge in [0.05, 0.1) is 73.9 Å². The number of imide groups is 3. The Kier molecular flexibility index (Phi) is 18.8. The summed E-state index contributed by atoms with van der Waals surface area (Å²) < 4.78 is 5.01. The predicted octanol–water partition coefficient (Wildman–Crippen LogP) is 8.98. The maximum absolute atomic E-state index is 13.1. The molecule has 0 radical (unpaired) electrons. The molecule has 26 heteroatoms. The number of allylic oxidation sites excluding steroid dienone is 6. The van der Waals surface area contributed by atoms with E-state index in [0.29, 0.717) is 87.4 Å². The molecule has 9 fully saturated rings. The maximum atomic E-state index is 13.1. The molecule has 0 N–H and O–H groups in total. The third-order valence-corrected chi connectivity index (χ3v) is 21.4. The quantitative estimate of drug-likeness (QED) is 0.0585. The third kappa shape index (κ3) is 11.5. The van der Waals surface area contributed by atoms with Crippen LogP contribution in [-0.2, 0) is 33.5 Å². The summed E-state index contributed by atoms with van der Waals surface area (Å²) in [5.74, 6) is -2.74. The van der Waals surface area contributed by atoms with Crippen LogP contribution in [0.2, 0.25) is 0 Å². The van der Waals surface area contributed by atoms with E-state index in [1.54, 1.807) is 48.2 Å². The van der Waals surface area contributed by atoms with Gasteiger partial charge in [0.25, 0.3) is 17.1 Å². The Labute approximate surface area is 556 Å². The highest BCUT2D eigenvalue weighted by molar-refractivity contribution is 6.25. The van der Waals surface area contributed by atoms with E-state index in [-0.39, 0.29) is 151 Å². The lowest BCUT2D eigenvalue weighted by Crippen LogP contribution is -2.49. The highest BCUT2D eigenvalue weighted by Crippen LogP contribution is 2.56. The van der Waals surface area contributed by atoms with Gasteiger partial charge >= 0.3 is 6.09 Å². The molecule has 6 saturated heterocycles. The van der Waals surface area contributed by atoms with Crippen LogP contribution in [0.3, 0.4) is 0 Å². The fraction of sp³-hybridized carbons (Fsp3) is 0.471. The van der Waals surface area contributed by atoms with Crippen molar-refractivity contribution in [2.45, 2.75) is 48.5 Å². The van der Waals surface area contributed by atoms with Gasteiger partial charge in [-0.2, -0.15) is 0 Å². The molecule has 96 heavy (non-hydrogen) atoms. The molecule has 0 aromatic heterocycles. The molecule has 6 heterocycles. The number of nitro benzene ring substituents is 3. The van der Waals surface area contributed by atoms with Crippen LogP contribution in [-0.4, -0.2) is 158 Å². The number of likely N-dealkylation sites (N-methyl/N-ethyl adjacent to an activating group) is 1. The topological polar surface area (TPSA) is 287 Å². The summed E-state index contributed by atoms with van der Waals surface area (Å²) in [4.78, 5) is 140. The van der Waals surface area contributed by atoms with Crippen molar-refractivity contribution in [2.75, 3.05) is 126 Å². The van der Waals surface area contributed by atoms with E-state index < -0.39 is 20.9 Å². The van der Waals surface area contributed by atoms with Crippen molar-refractivity contribution >= 4 is 98.4 Å². The van der Waals surface area contributed by atoms with Gasteiger partial charge in [-0.15, -0.1) is 0 Å². The molecule has 0 unspecified atom stereocenters. The van der Waals surface area contributed by atoms with Crippen LogP contribution in [0.15, 0.2) is 121 Å². The van der Waals surface area contributed by atoms with Crippen LogP contribution in [0.1, 0.15) is 48.5 Å². The molecule has 6 bridgehead atoms. The minimum atomic E-state index is -0.492. The predicted molar refractivity (Wildman–Crippen MR) is 361 cm³/mol. The number of anilines is 7. The van der Waals surface area contributed by atoms with Crippen LogP contribution < -0.4 is 34.3 Å². The normalized spacial score (nSPS) is 28.4. The molecule has 16 rings (SSSR count). The Morgan fingerprint density at radius 1 is 0.406 bits per heavy atom. The van der Waals surface area contributed by atoms with Gasteiger partial charge in [0.15, 0.2) is 0 Å². The second kappa shape index (κ2) is 26.7. The summed E-state index contributed by atoms with van der Waals surface area (Å²) in [6.07, 6.45) is 14.4. The Bertz CT molecular complexity index is 3800. The SMILES string of the molecule is C.C.C.CCOC(=O)N1CCN(c2ccc(N3C(=O)[C@@H]4[C@H](C3=O)[C@@H]3C=C[C@H]4C3)cc2[N+](=O)[O-])CC1.CN1CCN(c2ccc(N3C(=O)[C@@H]4[C@H](C3=O)[C@@H]3C=C[C@H]4C3)cc2[N+](=O)[O-])CC1.O=C1[C@@H]2[C@H](C(=O)N1c1ccc(N3CCN(c4ccccc4)CC3)c([N+](=O)[O-])c1)[C@@H]1C=C[C@H]2C1. The first-order chi connectivity index (χ1) is 44.9. The van der Waals surface area contributed by atoms with Crippen LogP contribution in [0.4, 0.5) is 61.7 Å². The van der Waals surface area contributed by atoms with Crippen molar-refractivity contribution in [3.8, 4) is 0 Å². The number of rotatable bonds is 11. The molecule has 3 saturated carbocycles. The number of nitrogens with zero attached hydrogens (tertiary/aromatic N) is 12. The molecule has 6 aliphatic carbocycles. The number of para-hydroxylation sites is 1. The van der Waals surface area contributed by atoms with Crippen molar-refractivity contribution in [2.24, 2.45) is 71.0 Å². The van der Waals surface area contributed by atoms with Crippen molar-refractivity contribution in [1.29, 1.82) is 0 Å². The zero-order valence-electron chi connectivity index (χ0n) is 51.4. The largest absolute Gasteiger partial charge is 0.450 e. The molecule has 4 aromatic carbocycles. The number of hydrogen-bond acceptors (Lipinski definition) is 19. The van der Waals surface area contributed by atoms with Crippen LogP contribution in [0.5, 0.6) is 0 Å². The van der Waals surface area contributed by atoms with Gasteiger partial charge in [-0.05, 0) is 117 Å². The van der Waals surface area contributed by atoms with Gasteiger partial charge in [-0.25, -0.2) is 19.5 Å². The molecular weight excluding hydrogens is 1230 g/mol. The Hall–Kier alpha value is -9.85. The number of benzene rings is 4. The monoisotopic (exact) mass is 1310 g/mol. The lowest BCUT2D eigenvalue weighted by atomic mass is 9.85. The molecule has 26 nitrogen and oxygen atoms in total. The number of nitro groups is 3. The van der Waals surface area contributed by atoms with E-state index in [0.717, 1.165) is 56.0 Å². The number of fused-ring (bicyclic) bond motifs is 15. The molecule has 506 valence electrons. The van der Waals surface area contributed by atoms with Crippen LogP contribution in [0, 0.1) is 101 Å². The summed E-state index contributed by atoms with van der Waals surface area (Å²) in [5.41, 5.74) is 3.19. The molecule has 7 amide bonds. The zero-order chi connectivity index (χ0) is 64.8. The molecule has 12 atom stereocenters. The smallest absolute Gasteiger partial charge is 0.409 e. The van der Waals surface area contributed by atoms with Crippen molar-refractivity contribution < 1.29 is 53.1 Å². The zero-order valence-corrected chi connectivity index (χ0v) is 51.4. The van der Waals surface area contributed by atoms with Crippen molar-refractivity contribution in [3.63, 3.8) is 0 Å². The van der Waals surface area contributed by atoms with Gasteiger partial charge in [-0.3, -0.25) is 59.1 Å². The van der Waals surface area contributed by atoms with E-state index in [1.807, 2.05) is 76.4 Å². The Balaban J connectivity index is 0.000000145. The second-order valence-corrected chi connectivity index (χ2v) is 26.1. The highest BCUT2D eigenvalue weighted by atomic mass is 16.6. The number of ether oxygens (including phenoxy) is 1. The summed E-state index contributed by atoms with van der Waals surface area (Å²) in [6.45, 7) is 9.53. The van der Waals surface area contributed by atoms with E-state index in [9.17, 15) is 63.9 Å². The van der Waals surface area contributed by atoms with Crippen LogP contribution in [0.25, 0.3) is 0 Å². The molecule has 0 spiro atoms. The number of hydrogen-bond donors (Lipinski definition) is 0. The van der Waals surface area contributed by atoms with E-state index in [1.165, 1.54) is 28.0 Å². The van der Waals surface area contributed by atoms with Gasteiger partial charge < -0.3 is 34.1 Å². The standard InChI is InChI=1S/C25H24N4O4.C22H24N4O6.C20H22N4O4.3CH4/c30-24-22-16-6-7-17(14-16)23(22)25(31)28(24)19-8-9-20(21(15-19)29(32)33)27-12-10-26(11-13-27)18-4-2-1-3-5-18;1-2-32-22(29)24-9-7-23(8-10-24)16-6-5-15(12-17(16)26(30)31)25-20(27)18-13-3-4-14(11-13)19(18)21(25)28;1-21-6-8-22(9-7-21)15-5-4-14(11-16(15)24(27)28)23-19(25)17-12-2-3-13(10-12)18(17)20(23)26;;;/h1-9,15-17,22-23H,10-14H2;3-6,12-14,18-19H,2,7-11H2,1H3;2-5,11-13,17-18H,6-10H2,1H3;3*1H4/t16-,17+,22-,23+;13-,14+,18-,19+;12-,13+,17-,18+;;;. The van der Waals surface area contributed by atoms with Gasteiger partial charge in [0.1, 0.15) is 17.1 Å². The minimum Gasteiger partial charge on any atom is -0.450 e. The maximum Gasteiger partial charge on any atom is 0.409 e. The lowest BCUT2D eigenvalue weighted by molar-refractivity contribution is -0.384. The Morgan fingerprint density at radius 2 is 0.688 bits per heavy atom. The first-order valence-electron chi connectivity index (χ1n) is 32.1. The summed E-state index contributed by atoms with van der Waals surface area (Å²) in [5, 5.41) is 35.6.